The Bertz CT molecular complexity index is 1730. The average molecular weight is 616 g/mol. The van der Waals surface area contributed by atoms with Crippen molar-refractivity contribution in [2.75, 3.05) is 20.3 Å². The number of benzene rings is 2. The summed E-state index contributed by atoms with van der Waals surface area (Å²) < 4.78 is 53.5. The smallest absolute Gasteiger partial charge is 0.433 e. The Kier molecular flexibility index (Phi) is 9.42. The van der Waals surface area contributed by atoms with Gasteiger partial charge in [0.15, 0.2) is 11.5 Å². The van der Waals surface area contributed by atoms with E-state index in [0.29, 0.717) is 47.9 Å². The fourth-order valence-corrected chi connectivity index (χ4v) is 5.31. The van der Waals surface area contributed by atoms with E-state index < -0.39 is 29.2 Å². The molecule has 0 radical (unpaired) electrons. The van der Waals surface area contributed by atoms with Gasteiger partial charge in [-0.1, -0.05) is 17.7 Å². The zero-order chi connectivity index (χ0) is 32.3. The lowest BCUT2D eigenvalue weighted by Gasteiger charge is -2.25. The molecule has 0 saturated carbocycles. The van der Waals surface area contributed by atoms with E-state index >= 15 is 0 Å². The van der Waals surface area contributed by atoms with Crippen molar-refractivity contribution >= 4 is 11.6 Å². The molecule has 2 heterocycles. The third kappa shape index (κ3) is 6.44. The molecule has 44 heavy (non-hydrogen) atoms. The number of nitrogens with two attached hydrogens (primary N) is 2. The zero-order valence-corrected chi connectivity index (χ0v) is 25.2. The van der Waals surface area contributed by atoms with Crippen LogP contribution in [0.3, 0.4) is 0 Å². The van der Waals surface area contributed by atoms with Gasteiger partial charge < -0.3 is 25.9 Å². The molecule has 236 valence electrons. The SMILES string of the molecule is CCOc1cc2c(cc1OC)-c1cc(=Nc3c(C)cc(C)cc3C)n(CCNC(=O)/C(NN)=C(/N)C(F)(F)F)c(=O)n1CC2. The highest BCUT2D eigenvalue weighted by molar-refractivity contribution is 5.93. The summed E-state index contributed by atoms with van der Waals surface area (Å²) in [5.74, 6) is 5.10. The van der Waals surface area contributed by atoms with Crippen LogP contribution in [0.5, 0.6) is 11.5 Å². The fourth-order valence-electron chi connectivity index (χ4n) is 5.31. The van der Waals surface area contributed by atoms with Crippen molar-refractivity contribution in [3.63, 3.8) is 0 Å². The number of hydrazine groups is 1. The number of nitrogens with zero attached hydrogens (tertiary/aromatic N) is 3. The minimum absolute atomic E-state index is 0.100. The molecule has 1 aliphatic heterocycles. The summed E-state index contributed by atoms with van der Waals surface area (Å²) in [6, 6.07) is 9.50. The number of hydrogen-bond acceptors (Lipinski definition) is 8. The van der Waals surface area contributed by atoms with Crippen LogP contribution in [0.25, 0.3) is 11.3 Å². The first-order valence-corrected chi connectivity index (χ1v) is 13.9. The van der Waals surface area contributed by atoms with Gasteiger partial charge in [0.05, 0.1) is 25.1 Å². The third-order valence-electron chi connectivity index (χ3n) is 7.29. The molecule has 0 saturated heterocycles. The molecule has 0 aliphatic carbocycles. The van der Waals surface area contributed by atoms with Gasteiger partial charge in [0, 0.05) is 31.3 Å². The van der Waals surface area contributed by atoms with Crippen LogP contribution in [0.2, 0.25) is 0 Å². The lowest BCUT2D eigenvalue weighted by atomic mass is 9.97. The molecule has 14 heteroatoms. The van der Waals surface area contributed by atoms with Crippen LogP contribution in [-0.4, -0.2) is 41.5 Å². The molecule has 3 aromatic rings. The molecule has 2 aromatic carbocycles. The van der Waals surface area contributed by atoms with Gasteiger partial charge in [-0.05, 0) is 62.9 Å². The topological polar surface area (TPSA) is 151 Å². The van der Waals surface area contributed by atoms with Gasteiger partial charge in [0.2, 0.25) is 0 Å². The molecule has 0 fully saturated rings. The number of fused-ring (bicyclic) bond motifs is 3. The molecule has 4 rings (SSSR count). The maximum Gasteiger partial charge on any atom is 0.433 e. The summed E-state index contributed by atoms with van der Waals surface area (Å²) in [6.07, 6.45) is -4.42. The van der Waals surface area contributed by atoms with Gasteiger partial charge in [-0.2, -0.15) is 13.2 Å². The van der Waals surface area contributed by atoms with Gasteiger partial charge in [0.25, 0.3) is 5.91 Å². The van der Waals surface area contributed by atoms with Crippen molar-refractivity contribution in [3.8, 4) is 22.8 Å². The highest BCUT2D eigenvalue weighted by Crippen LogP contribution is 2.38. The van der Waals surface area contributed by atoms with Crippen molar-refractivity contribution in [2.45, 2.75) is 53.4 Å². The lowest BCUT2D eigenvalue weighted by Crippen LogP contribution is -2.45. The van der Waals surface area contributed by atoms with Crippen LogP contribution in [0.1, 0.15) is 29.2 Å². The van der Waals surface area contributed by atoms with E-state index in [9.17, 15) is 22.8 Å². The predicted octanol–water partition coefficient (Wildman–Crippen LogP) is 2.75. The Labute approximate surface area is 252 Å². The van der Waals surface area contributed by atoms with Crippen LogP contribution in [0.15, 0.2) is 51.5 Å². The minimum atomic E-state index is -4.97. The summed E-state index contributed by atoms with van der Waals surface area (Å²) in [7, 11) is 1.54. The number of carbonyl (C=O) groups is 1. The molecule has 0 spiro atoms. The van der Waals surface area contributed by atoms with Crippen LogP contribution in [0.4, 0.5) is 18.9 Å². The maximum atomic E-state index is 14.0. The lowest BCUT2D eigenvalue weighted by molar-refractivity contribution is -0.120. The van der Waals surface area contributed by atoms with Crippen LogP contribution < -0.4 is 43.0 Å². The second-order valence-electron chi connectivity index (χ2n) is 10.4. The van der Waals surface area contributed by atoms with Crippen molar-refractivity contribution in [1.29, 1.82) is 0 Å². The number of nitrogens with one attached hydrogen (secondary N) is 2. The third-order valence-corrected chi connectivity index (χ3v) is 7.29. The van der Waals surface area contributed by atoms with Gasteiger partial charge in [-0.3, -0.25) is 19.8 Å². The van der Waals surface area contributed by atoms with Gasteiger partial charge in [0.1, 0.15) is 16.9 Å². The molecule has 0 bridgehead atoms. The number of aromatic nitrogens is 2. The number of alkyl halides is 3. The zero-order valence-electron chi connectivity index (χ0n) is 25.2. The number of ether oxygens (including phenoxy) is 2. The number of allylic oxidation sites excluding steroid dienone is 1. The molecule has 0 unspecified atom stereocenters. The second kappa shape index (κ2) is 12.9. The van der Waals surface area contributed by atoms with Gasteiger partial charge in [-0.25, -0.2) is 9.79 Å². The first-order chi connectivity index (χ1) is 20.8. The molecular weight excluding hydrogens is 579 g/mol. The summed E-state index contributed by atoms with van der Waals surface area (Å²) in [5, 5.41) is 2.35. The Balaban J connectivity index is 1.85. The first-order valence-electron chi connectivity index (χ1n) is 13.9. The van der Waals surface area contributed by atoms with Crippen molar-refractivity contribution in [2.24, 2.45) is 16.6 Å². The van der Waals surface area contributed by atoms with Crippen LogP contribution in [0, 0.1) is 20.8 Å². The number of methoxy groups -OCH3 is 1. The average Bonchev–Trinajstić information content (AvgIpc) is 2.95. The van der Waals surface area contributed by atoms with E-state index in [2.05, 4.69) is 5.32 Å². The standard InChI is InChI=1S/C30H36F3N7O4/c1-6-44-23-13-19-7-9-39-21(20(19)14-22(23)43-5)15-24(37-25-17(3)11-16(2)12-18(25)4)40(29(39)42)10-8-36-28(41)26(38-35)27(34)30(31,32)33/h11-15,38H,6-10,34-35H2,1-5H3,(H,36,41)/b27-26-,37-24?. The second-order valence-corrected chi connectivity index (χ2v) is 10.4. The number of aryl methyl sites for hydroxylation is 4. The number of hydrogen-bond donors (Lipinski definition) is 4. The Hall–Kier alpha value is -4.72. The van der Waals surface area contributed by atoms with E-state index in [1.165, 1.54) is 4.57 Å². The summed E-state index contributed by atoms with van der Waals surface area (Å²) in [5.41, 5.74) is 9.91. The van der Waals surface area contributed by atoms with E-state index in [1.54, 1.807) is 23.2 Å². The van der Waals surface area contributed by atoms with Crippen LogP contribution >= 0.6 is 0 Å². The Morgan fingerprint density at radius 1 is 1.09 bits per heavy atom. The van der Waals surface area contributed by atoms with Crippen molar-refractivity contribution in [1.82, 2.24) is 19.9 Å². The largest absolute Gasteiger partial charge is 0.493 e. The Morgan fingerprint density at radius 3 is 2.36 bits per heavy atom. The van der Waals surface area contributed by atoms with E-state index in [1.807, 2.05) is 52.0 Å². The molecule has 11 nitrogen and oxygen atoms in total. The van der Waals surface area contributed by atoms with Crippen LogP contribution in [-0.2, 0) is 24.3 Å². The molecule has 1 aromatic heterocycles. The fraction of sp³-hybridized carbons (Fsp3) is 0.367. The quantitative estimate of drug-likeness (QED) is 0.164. The molecule has 1 amide bonds. The summed E-state index contributed by atoms with van der Waals surface area (Å²) >= 11 is 0. The predicted molar refractivity (Wildman–Crippen MR) is 159 cm³/mol. The van der Waals surface area contributed by atoms with Gasteiger partial charge >= 0.3 is 11.9 Å². The molecule has 1 aliphatic rings. The number of halogens is 3. The molecule has 0 atom stereocenters. The minimum Gasteiger partial charge on any atom is -0.493 e. The van der Waals surface area contributed by atoms with Crippen molar-refractivity contribution < 1.29 is 27.4 Å². The maximum absolute atomic E-state index is 14.0. The van der Waals surface area contributed by atoms with E-state index in [-0.39, 0.29) is 13.1 Å². The Morgan fingerprint density at radius 2 is 1.77 bits per heavy atom. The number of carbonyl (C=O) groups excluding carboxylic acids is 1. The van der Waals surface area contributed by atoms with E-state index in [4.69, 9.17) is 26.0 Å². The normalized spacial score (nSPS) is 13.5. The number of rotatable bonds is 9. The van der Waals surface area contributed by atoms with E-state index in [0.717, 1.165) is 27.8 Å². The first kappa shape index (κ1) is 32.2. The highest BCUT2D eigenvalue weighted by atomic mass is 19.4. The monoisotopic (exact) mass is 615 g/mol. The molecular formula is C30H36F3N7O4. The van der Waals surface area contributed by atoms with Gasteiger partial charge in [-0.15, -0.1) is 0 Å². The number of amides is 1. The highest BCUT2D eigenvalue weighted by Gasteiger charge is 2.36. The summed E-state index contributed by atoms with van der Waals surface area (Å²) in [6.45, 7) is 8.20. The van der Waals surface area contributed by atoms with Crippen molar-refractivity contribution in [3.05, 3.63) is 80.0 Å². The summed E-state index contributed by atoms with van der Waals surface area (Å²) in [4.78, 5) is 31.4. The molecule has 6 N–H and O–H groups in total.